The summed E-state index contributed by atoms with van der Waals surface area (Å²) in [6.07, 6.45) is -1.11. The van der Waals surface area contributed by atoms with Crippen LogP contribution in [0.25, 0.3) is 0 Å². The third kappa shape index (κ3) is 4.45. The lowest BCUT2D eigenvalue weighted by molar-refractivity contribution is -0.123. The molecule has 0 aliphatic carbocycles. The van der Waals surface area contributed by atoms with Crippen LogP contribution in [0.4, 0.5) is 10.1 Å². The fourth-order valence-electron chi connectivity index (χ4n) is 1.88. The Hall–Kier alpha value is -2.60. The number of amides is 1. The van der Waals surface area contributed by atoms with Gasteiger partial charge in [-0.3, -0.25) is 4.79 Å². The second kappa shape index (κ2) is 7.79. The van der Waals surface area contributed by atoms with Crippen LogP contribution in [0, 0.1) is 5.82 Å². The van der Waals surface area contributed by atoms with E-state index < -0.39 is 23.8 Å². The molecule has 0 radical (unpaired) electrons. The Labute approximate surface area is 143 Å². The van der Waals surface area contributed by atoms with Gasteiger partial charge in [-0.2, -0.15) is 0 Å². The lowest BCUT2D eigenvalue weighted by atomic mass is 10.2. The number of carbonyl (C=O) groups excluding carboxylic acids is 2. The molecule has 126 valence electrons. The van der Waals surface area contributed by atoms with Crippen LogP contribution in [-0.2, 0) is 9.53 Å². The average Bonchev–Trinajstić information content (AvgIpc) is 2.54. The number of nitrogens with one attached hydrogen (secondary N) is 1. The predicted octanol–water partition coefficient (Wildman–Crippen LogP) is 3.67. The molecule has 0 saturated carbocycles. The van der Waals surface area contributed by atoms with E-state index in [1.165, 1.54) is 26.2 Å². The van der Waals surface area contributed by atoms with Crippen LogP contribution >= 0.6 is 11.6 Å². The molecular formula is C17H15ClFNO4. The molecule has 1 amide bonds. The van der Waals surface area contributed by atoms with E-state index >= 15 is 0 Å². The van der Waals surface area contributed by atoms with Gasteiger partial charge < -0.3 is 14.8 Å². The molecule has 0 heterocycles. The molecule has 24 heavy (non-hydrogen) atoms. The lowest BCUT2D eigenvalue weighted by Gasteiger charge is -2.14. The quantitative estimate of drug-likeness (QED) is 0.835. The highest BCUT2D eigenvalue weighted by Gasteiger charge is 2.21. The molecule has 2 aromatic rings. The maximum absolute atomic E-state index is 13.8. The monoisotopic (exact) mass is 351 g/mol. The van der Waals surface area contributed by atoms with Gasteiger partial charge in [0.1, 0.15) is 11.6 Å². The average molecular weight is 352 g/mol. The number of hydrogen-bond acceptors (Lipinski definition) is 4. The first-order chi connectivity index (χ1) is 11.4. The van der Waals surface area contributed by atoms with Crippen LogP contribution < -0.4 is 10.1 Å². The van der Waals surface area contributed by atoms with Gasteiger partial charge >= 0.3 is 5.97 Å². The second-order valence-corrected chi connectivity index (χ2v) is 5.33. The molecule has 0 spiro atoms. The molecule has 0 fully saturated rings. The van der Waals surface area contributed by atoms with Crippen molar-refractivity contribution < 1.29 is 23.5 Å². The van der Waals surface area contributed by atoms with Crippen LogP contribution in [0.3, 0.4) is 0 Å². The fourth-order valence-corrected chi connectivity index (χ4v) is 2.07. The number of rotatable bonds is 5. The maximum Gasteiger partial charge on any atom is 0.341 e. The number of esters is 1. The number of ether oxygens (including phenoxy) is 2. The number of hydrogen-bond donors (Lipinski definition) is 1. The summed E-state index contributed by atoms with van der Waals surface area (Å²) in [5.74, 6) is -2.01. The van der Waals surface area contributed by atoms with Crippen LogP contribution in [0.2, 0.25) is 5.02 Å². The summed E-state index contributed by atoms with van der Waals surface area (Å²) in [4.78, 5) is 24.0. The van der Waals surface area contributed by atoms with Crippen molar-refractivity contribution in [3.8, 4) is 5.75 Å². The fraction of sp³-hybridized carbons (Fsp3) is 0.176. The van der Waals surface area contributed by atoms with Gasteiger partial charge in [-0.1, -0.05) is 17.7 Å². The molecule has 2 aromatic carbocycles. The highest BCUT2D eigenvalue weighted by Crippen LogP contribution is 2.18. The molecule has 5 nitrogen and oxygen atoms in total. The van der Waals surface area contributed by atoms with Gasteiger partial charge in [0, 0.05) is 16.8 Å². The van der Waals surface area contributed by atoms with Crippen molar-refractivity contribution in [2.75, 3.05) is 12.4 Å². The summed E-state index contributed by atoms with van der Waals surface area (Å²) in [5.41, 5.74) is 0.184. The van der Waals surface area contributed by atoms with Crippen molar-refractivity contribution in [3.63, 3.8) is 0 Å². The maximum atomic E-state index is 13.8. The molecule has 0 aromatic heterocycles. The van der Waals surface area contributed by atoms with Crippen molar-refractivity contribution >= 4 is 29.2 Å². The van der Waals surface area contributed by atoms with Gasteiger partial charge in [-0.25, -0.2) is 9.18 Å². The zero-order valence-corrected chi connectivity index (χ0v) is 13.8. The van der Waals surface area contributed by atoms with Gasteiger partial charge in [-0.05, 0) is 37.3 Å². The zero-order chi connectivity index (χ0) is 17.7. The highest BCUT2D eigenvalue weighted by molar-refractivity contribution is 6.30. The molecule has 1 atom stereocenters. The Bertz CT molecular complexity index is 766. The Morgan fingerprint density at radius 2 is 1.96 bits per heavy atom. The van der Waals surface area contributed by atoms with E-state index in [0.29, 0.717) is 10.7 Å². The number of halogens is 2. The van der Waals surface area contributed by atoms with Crippen LogP contribution in [0.5, 0.6) is 5.75 Å². The first-order valence-electron chi connectivity index (χ1n) is 7.01. The Kier molecular flexibility index (Phi) is 5.76. The van der Waals surface area contributed by atoms with E-state index in [1.54, 1.807) is 24.3 Å². The second-order valence-electron chi connectivity index (χ2n) is 4.89. The topological polar surface area (TPSA) is 64.6 Å². The van der Waals surface area contributed by atoms with E-state index in [2.05, 4.69) is 5.32 Å². The zero-order valence-electron chi connectivity index (χ0n) is 13.0. The van der Waals surface area contributed by atoms with Crippen molar-refractivity contribution in [2.45, 2.75) is 13.0 Å². The molecule has 0 aliphatic heterocycles. The third-order valence-corrected chi connectivity index (χ3v) is 3.38. The van der Waals surface area contributed by atoms with Crippen molar-refractivity contribution in [1.82, 2.24) is 0 Å². The van der Waals surface area contributed by atoms with Gasteiger partial charge in [0.15, 0.2) is 6.10 Å². The van der Waals surface area contributed by atoms with E-state index in [9.17, 15) is 14.0 Å². The summed E-state index contributed by atoms with van der Waals surface area (Å²) in [7, 11) is 1.38. The van der Waals surface area contributed by atoms with E-state index in [0.717, 1.165) is 6.07 Å². The van der Waals surface area contributed by atoms with E-state index in [-0.39, 0.29) is 11.3 Å². The van der Waals surface area contributed by atoms with Crippen molar-refractivity contribution in [3.05, 3.63) is 58.9 Å². The predicted molar refractivity (Wildman–Crippen MR) is 87.9 cm³/mol. The summed E-state index contributed by atoms with van der Waals surface area (Å²) in [5, 5.41) is 3.01. The molecule has 0 saturated heterocycles. The Morgan fingerprint density at radius 3 is 2.58 bits per heavy atom. The molecule has 0 unspecified atom stereocenters. The van der Waals surface area contributed by atoms with Crippen LogP contribution in [0.1, 0.15) is 17.3 Å². The Balaban J connectivity index is 2.01. The minimum atomic E-state index is -1.11. The minimum Gasteiger partial charge on any atom is -0.497 e. The van der Waals surface area contributed by atoms with Crippen molar-refractivity contribution in [2.24, 2.45) is 0 Å². The molecular weight excluding hydrogens is 337 g/mol. The van der Waals surface area contributed by atoms with Gasteiger partial charge in [0.05, 0.1) is 12.7 Å². The van der Waals surface area contributed by atoms with Gasteiger partial charge in [0.25, 0.3) is 5.91 Å². The van der Waals surface area contributed by atoms with Crippen LogP contribution in [0.15, 0.2) is 42.5 Å². The molecule has 7 heteroatoms. The third-order valence-electron chi connectivity index (χ3n) is 3.14. The van der Waals surface area contributed by atoms with Gasteiger partial charge in [-0.15, -0.1) is 0 Å². The summed E-state index contributed by atoms with van der Waals surface area (Å²) in [6.45, 7) is 1.39. The molecule has 0 aliphatic rings. The van der Waals surface area contributed by atoms with Gasteiger partial charge in [0.2, 0.25) is 0 Å². The number of anilines is 1. The van der Waals surface area contributed by atoms with Crippen LogP contribution in [-0.4, -0.2) is 25.1 Å². The number of benzene rings is 2. The molecule has 1 N–H and O–H groups in total. The Morgan fingerprint density at radius 1 is 1.21 bits per heavy atom. The SMILES string of the molecule is COc1ccc(C(=O)O[C@H](C)C(=O)Nc2cccc(Cl)c2)c(F)c1. The minimum absolute atomic E-state index is 0.274. The molecule has 0 bridgehead atoms. The smallest absolute Gasteiger partial charge is 0.341 e. The number of methoxy groups -OCH3 is 1. The summed E-state index contributed by atoms with van der Waals surface area (Å²) < 4.78 is 23.7. The summed E-state index contributed by atoms with van der Waals surface area (Å²) in [6, 6.07) is 10.2. The first-order valence-corrected chi connectivity index (χ1v) is 7.39. The summed E-state index contributed by atoms with van der Waals surface area (Å²) >= 11 is 5.83. The highest BCUT2D eigenvalue weighted by atomic mass is 35.5. The normalized spacial score (nSPS) is 11.5. The van der Waals surface area contributed by atoms with Crippen molar-refractivity contribution in [1.29, 1.82) is 0 Å². The van der Waals surface area contributed by atoms with E-state index in [4.69, 9.17) is 21.1 Å². The van der Waals surface area contributed by atoms with E-state index in [1.807, 2.05) is 0 Å². The first kappa shape index (κ1) is 17.7. The largest absolute Gasteiger partial charge is 0.497 e. The standard InChI is InChI=1S/C17H15ClFNO4/c1-10(16(21)20-12-5-3-4-11(18)8-12)24-17(22)14-7-6-13(23-2)9-15(14)19/h3-10H,1-2H3,(H,20,21)/t10-/m1/s1. The lowest BCUT2D eigenvalue weighted by Crippen LogP contribution is -2.30. The number of carbonyl (C=O) groups is 2. The molecule has 2 rings (SSSR count).